The van der Waals surface area contributed by atoms with E-state index in [4.69, 9.17) is 0 Å². The first-order valence-electron chi connectivity index (χ1n) is 7.57. The number of ketones is 1. The Kier molecular flexibility index (Phi) is 3.51. The molecule has 0 amide bonds. The molecule has 0 saturated heterocycles. The lowest BCUT2D eigenvalue weighted by Crippen LogP contribution is -2.05. The Hall–Kier alpha value is -3.47. The molecule has 0 spiro atoms. The first-order chi connectivity index (χ1) is 11.8. The lowest BCUT2D eigenvalue weighted by molar-refractivity contribution is 0.102. The number of carbonyl (C=O) groups excluding carboxylic acids is 1. The number of benzene rings is 2. The van der Waals surface area contributed by atoms with Gasteiger partial charge in [0.1, 0.15) is 0 Å². The van der Waals surface area contributed by atoms with Crippen molar-refractivity contribution < 1.29 is 4.79 Å². The smallest absolute Gasteiger partial charge is 0.263 e. The van der Waals surface area contributed by atoms with E-state index in [1.54, 1.807) is 12.4 Å². The van der Waals surface area contributed by atoms with Crippen molar-refractivity contribution in [1.29, 1.82) is 0 Å². The van der Waals surface area contributed by atoms with Gasteiger partial charge in [-0.25, -0.2) is 9.97 Å². The molecule has 0 aliphatic heterocycles. The van der Waals surface area contributed by atoms with Gasteiger partial charge in [0, 0.05) is 0 Å². The van der Waals surface area contributed by atoms with Crippen LogP contribution in [0.1, 0.15) is 16.4 Å². The number of nitrogens with one attached hydrogen (secondary N) is 2. The molecule has 24 heavy (non-hydrogen) atoms. The van der Waals surface area contributed by atoms with Crippen LogP contribution < -0.4 is 0 Å². The van der Waals surface area contributed by atoms with Crippen molar-refractivity contribution in [2.45, 2.75) is 0 Å². The van der Waals surface area contributed by atoms with Gasteiger partial charge < -0.3 is 9.97 Å². The van der Waals surface area contributed by atoms with E-state index in [-0.39, 0.29) is 17.4 Å². The molecular formula is C19H14N4O. The van der Waals surface area contributed by atoms with E-state index < -0.39 is 0 Å². The van der Waals surface area contributed by atoms with Gasteiger partial charge in [0.05, 0.1) is 23.8 Å². The number of aromatic amines is 2. The Bertz CT molecular complexity index is 891. The highest BCUT2D eigenvalue weighted by Gasteiger charge is 2.17. The second-order valence-corrected chi connectivity index (χ2v) is 5.35. The summed E-state index contributed by atoms with van der Waals surface area (Å²) in [6, 6.07) is 19.5. The third kappa shape index (κ3) is 2.63. The molecule has 5 heteroatoms. The maximum Gasteiger partial charge on any atom is 0.263 e. The minimum absolute atomic E-state index is 0.264. The maximum absolute atomic E-state index is 12.5. The molecule has 4 aromatic rings. The van der Waals surface area contributed by atoms with E-state index in [2.05, 4.69) is 19.9 Å². The highest BCUT2D eigenvalue weighted by Crippen LogP contribution is 2.19. The molecule has 0 saturated carbocycles. The zero-order valence-electron chi connectivity index (χ0n) is 12.7. The van der Waals surface area contributed by atoms with Crippen molar-refractivity contribution in [1.82, 2.24) is 19.9 Å². The molecule has 5 nitrogen and oxygen atoms in total. The quantitative estimate of drug-likeness (QED) is 0.564. The molecule has 2 N–H and O–H groups in total. The minimum Gasteiger partial charge on any atom is -0.335 e. The van der Waals surface area contributed by atoms with Crippen LogP contribution in [0.4, 0.5) is 0 Å². The number of rotatable bonds is 4. The third-order valence-corrected chi connectivity index (χ3v) is 3.75. The van der Waals surface area contributed by atoms with Crippen LogP contribution in [0.5, 0.6) is 0 Å². The zero-order valence-corrected chi connectivity index (χ0v) is 12.7. The van der Waals surface area contributed by atoms with Gasteiger partial charge in [0.15, 0.2) is 11.6 Å². The monoisotopic (exact) mass is 314 g/mol. The van der Waals surface area contributed by atoms with E-state index >= 15 is 0 Å². The Morgan fingerprint density at radius 1 is 0.667 bits per heavy atom. The summed E-state index contributed by atoms with van der Waals surface area (Å²) in [5.74, 6) is 0.269. The molecule has 0 aliphatic rings. The zero-order chi connectivity index (χ0) is 16.4. The van der Waals surface area contributed by atoms with Crippen molar-refractivity contribution >= 4 is 5.78 Å². The normalized spacial score (nSPS) is 10.7. The number of hydrogen-bond donors (Lipinski definition) is 2. The molecule has 0 atom stereocenters. The summed E-state index contributed by atoms with van der Waals surface area (Å²) in [4.78, 5) is 27.0. The number of H-pyrrole nitrogens is 2. The molecule has 0 unspecified atom stereocenters. The topological polar surface area (TPSA) is 74.4 Å². The predicted molar refractivity (Wildman–Crippen MR) is 91.5 cm³/mol. The molecule has 2 aromatic heterocycles. The lowest BCUT2D eigenvalue weighted by Gasteiger charge is -1.97. The first kappa shape index (κ1) is 14.1. The number of carbonyl (C=O) groups is 1. The van der Waals surface area contributed by atoms with Crippen molar-refractivity contribution in [2.24, 2.45) is 0 Å². The van der Waals surface area contributed by atoms with E-state index in [1.165, 1.54) is 0 Å². The molecule has 0 aliphatic carbocycles. The van der Waals surface area contributed by atoms with Crippen molar-refractivity contribution in [3.63, 3.8) is 0 Å². The van der Waals surface area contributed by atoms with Crippen LogP contribution >= 0.6 is 0 Å². The number of nitrogens with zero attached hydrogens (tertiary/aromatic N) is 2. The van der Waals surface area contributed by atoms with Crippen molar-refractivity contribution in [3.05, 3.63) is 84.7 Å². The van der Waals surface area contributed by atoms with Gasteiger partial charge in [-0.05, 0) is 11.1 Å². The lowest BCUT2D eigenvalue weighted by atomic mass is 10.2. The van der Waals surface area contributed by atoms with Gasteiger partial charge in [-0.3, -0.25) is 4.79 Å². The molecule has 0 fully saturated rings. The summed E-state index contributed by atoms with van der Waals surface area (Å²) in [5, 5.41) is 0. The minimum atomic E-state index is -0.264. The van der Waals surface area contributed by atoms with Crippen LogP contribution in [0, 0.1) is 0 Å². The molecule has 0 radical (unpaired) electrons. The molecule has 2 aromatic carbocycles. The fourth-order valence-electron chi connectivity index (χ4n) is 2.51. The Morgan fingerprint density at radius 2 is 1.08 bits per heavy atom. The fraction of sp³-hybridized carbons (Fsp3) is 0. The average molecular weight is 314 g/mol. The molecule has 116 valence electrons. The number of imidazole rings is 2. The third-order valence-electron chi connectivity index (χ3n) is 3.75. The Morgan fingerprint density at radius 3 is 1.50 bits per heavy atom. The van der Waals surface area contributed by atoms with E-state index in [9.17, 15) is 4.79 Å². The first-order valence-corrected chi connectivity index (χ1v) is 7.57. The van der Waals surface area contributed by atoms with E-state index in [0.717, 1.165) is 22.5 Å². The van der Waals surface area contributed by atoms with Gasteiger partial charge in [-0.15, -0.1) is 0 Å². The van der Waals surface area contributed by atoms with Crippen LogP contribution in [0.2, 0.25) is 0 Å². The van der Waals surface area contributed by atoms with Crippen LogP contribution in [0.3, 0.4) is 0 Å². The Labute approximate surface area is 138 Å². The van der Waals surface area contributed by atoms with Gasteiger partial charge in [0.25, 0.3) is 5.78 Å². The summed E-state index contributed by atoms with van der Waals surface area (Å²) in [5.41, 5.74) is 3.56. The molecule has 0 bridgehead atoms. The van der Waals surface area contributed by atoms with Crippen LogP contribution in [0.25, 0.3) is 22.5 Å². The number of hydrogen-bond acceptors (Lipinski definition) is 3. The van der Waals surface area contributed by atoms with Gasteiger partial charge in [-0.2, -0.15) is 0 Å². The standard InChI is InChI=1S/C19H14N4O/c24-17(18-20-11-15(22-18)13-7-3-1-4-8-13)19-21-12-16(23-19)14-9-5-2-6-10-14/h1-12H,(H,20,22)(H,21,23). The van der Waals surface area contributed by atoms with Crippen LogP contribution in [0.15, 0.2) is 73.1 Å². The SMILES string of the molecule is O=C(c1ncc(-c2ccccc2)[nH]1)c1ncc(-c2ccccc2)[nH]1. The summed E-state index contributed by atoms with van der Waals surface area (Å²) < 4.78 is 0. The number of aromatic nitrogens is 4. The van der Waals surface area contributed by atoms with E-state index in [1.807, 2.05) is 60.7 Å². The van der Waals surface area contributed by atoms with Gasteiger partial charge >= 0.3 is 0 Å². The average Bonchev–Trinajstić information content (AvgIpc) is 3.33. The Balaban J connectivity index is 1.61. The van der Waals surface area contributed by atoms with Crippen LogP contribution in [-0.2, 0) is 0 Å². The largest absolute Gasteiger partial charge is 0.335 e. The molecular weight excluding hydrogens is 300 g/mol. The second kappa shape index (κ2) is 5.96. The second-order valence-electron chi connectivity index (χ2n) is 5.35. The summed E-state index contributed by atoms with van der Waals surface area (Å²) >= 11 is 0. The molecule has 4 rings (SSSR count). The molecule has 2 heterocycles. The van der Waals surface area contributed by atoms with Crippen molar-refractivity contribution in [3.8, 4) is 22.5 Å². The summed E-state index contributed by atoms with van der Waals surface area (Å²) in [6.07, 6.45) is 3.31. The summed E-state index contributed by atoms with van der Waals surface area (Å²) in [7, 11) is 0. The van der Waals surface area contributed by atoms with Crippen LogP contribution in [-0.4, -0.2) is 25.7 Å². The highest BCUT2D eigenvalue weighted by molar-refractivity contribution is 6.04. The van der Waals surface area contributed by atoms with Gasteiger partial charge in [-0.1, -0.05) is 60.7 Å². The predicted octanol–water partition coefficient (Wildman–Crippen LogP) is 3.70. The van der Waals surface area contributed by atoms with Gasteiger partial charge in [0.2, 0.25) is 0 Å². The summed E-state index contributed by atoms with van der Waals surface area (Å²) in [6.45, 7) is 0. The maximum atomic E-state index is 12.5. The highest BCUT2D eigenvalue weighted by atomic mass is 16.1. The fourth-order valence-corrected chi connectivity index (χ4v) is 2.51. The van der Waals surface area contributed by atoms with Crippen molar-refractivity contribution in [2.75, 3.05) is 0 Å². The van der Waals surface area contributed by atoms with E-state index in [0.29, 0.717) is 0 Å².